The zero-order chi connectivity index (χ0) is 22.9. The molecule has 4 rings (SSSR count). The molecule has 0 bridgehead atoms. The first-order valence-corrected chi connectivity index (χ1v) is 14.8. The van der Waals surface area contributed by atoms with Crippen LogP contribution in [0, 0.1) is 27.6 Å². The first kappa shape index (κ1) is 23.0. The molecule has 6 heteroatoms. The maximum absolute atomic E-state index is 13.6. The minimum absolute atomic E-state index is 0.00270. The third-order valence-electron chi connectivity index (χ3n) is 9.59. The molecule has 0 radical (unpaired) electrons. The summed E-state index contributed by atoms with van der Waals surface area (Å²) in [5, 5.41) is 0. The fourth-order valence-corrected chi connectivity index (χ4v) is 11.1. The van der Waals surface area contributed by atoms with Crippen LogP contribution in [0.25, 0.3) is 0 Å². The molecule has 174 valence electrons. The van der Waals surface area contributed by atoms with Crippen molar-refractivity contribution >= 4 is 20.1 Å². The Hall–Kier alpha value is -1.14. The van der Waals surface area contributed by atoms with Crippen LogP contribution in [-0.2, 0) is 23.5 Å². The molecule has 3 aliphatic carbocycles. The summed E-state index contributed by atoms with van der Waals surface area (Å²) >= 11 is 0. The van der Waals surface area contributed by atoms with Gasteiger partial charge in [-0.3, -0.25) is 9.59 Å². The van der Waals surface area contributed by atoms with E-state index in [1.54, 1.807) is 6.26 Å². The van der Waals surface area contributed by atoms with Crippen LogP contribution in [0.15, 0.2) is 12.3 Å². The summed E-state index contributed by atoms with van der Waals surface area (Å²) in [5.41, 5.74) is -2.13. The van der Waals surface area contributed by atoms with Gasteiger partial charge in [0.15, 0.2) is 19.5 Å². The minimum Gasteiger partial charge on any atom is -0.496 e. The number of carbonyl (C=O) groups excluding carboxylic acids is 2. The van der Waals surface area contributed by atoms with Crippen LogP contribution in [0.5, 0.6) is 0 Å². The van der Waals surface area contributed by atoms with E-state index in [-0.39, 0.29) is 41.2 Å². The second-order valence-electron chi connectivity index (χ2n) is 11.2. The molecular formula is C25H40O5Si. The molecule has 0 aromatic rings. The SMILES string of the molecule is CCOC(=O)[C@]12C(=O)CC[C@]13[C@@H](O[Si](CC)(CC)CC)C[C@@H](C(C)(C)C)[C@@]31C=CO[C@@H]21. The Kier molecular flexibility index (Phi) is 5.33. The maximum Gasteiger partial charge on any atom is 0.324 e. The van der Waals surface area contributed by atoms with Crippen molar-refractivity contribution in [1.29, 1.82) is 0 Å². The Bertz CT molecular complexity index is 788. The van der Waals surface area contributed by atoms with Gasteiger partial charge in [0.05, 0.1) is 19.0 Å². The average molecular weight is 449 g/mol. The normalized spacial score (nSPS) is 40.7. The predicted molar refractivity (Wildman–Crippen MR) is 122 cm³/mol. The molecule has 1 aliphatic heterocycles. The summed E-state index contributed by atoms with van der Waals surface area (Å²) in [5.74, 6) is -0.114. The van der Waals surface area contributed by atoms with Gasteiger partial charge in [0.2, 0.25) is 0 Å². The van der Waals surface area contributed by atoms with Crippen molar-refractivity contribution in [2.24, 2.45) is 27.6 Å². The molecule has 4 aliphatic rings. The van der Waals surface area contributed by atoms with Gasteiger partial charge >= 0.3 is 5.97 Å². The lowest BCUT2D eigenvalue weighted by Crippen LogP contribution is -2.79. The first-order valence-electron chi connectivity index (χ1n) is 12.3. The van der Waals surface area contributed by atoms with Gasteiger partial charge in [-0.25, -0.2) is 0 Å². The smallest absolute Gasteiger partial charge is 0.324 e. The van der Waals surface area contributed by atoms with Crippen molar-refractivity contribution in [1.82, 2.24) is 0 Å². The Morgan fingerprint density at radius 1 is 1.19 bits per heavy atom. The average Bonchev–Trinajstić information content (AvgIpc) is 3.31. The molecule has 0 amide bonds. The predicted octanol–water partition coefficient (Wildman–Crippen LogP) is 5.25. The topological polar surface area (TPSA) is 61.8 Å². The van der Waals surface area contributed by atoms with Crippen molar-refractivity contribution in [3.05, 3.63) is 12.3 Å². The lowest BCUT2D eigenvalue weighted by atomic mass is 9.34. The monoisotopic (exact) mass is 448 g/mol. The van der Waals surface area contributed by atoms with Crippen LogP contribution in [0.2, 0.25) is 18.1 Å². The van der Waals surface area contributed by atoms with E-state index in [2.05, 4.69) is 47.6 Å². The second-order valence-corrected chi connectivity index (χ2v) is 15.9. The van der Waals surface area contributed by atoms with Crippen molar-refractivity contribution in [3.8, 4) is 0 Å². The molecular weight excluding hydrogens is 408 g/mol. The molecule has 0 saturated heterocycles. The van der Waals surface area contributed by atoms with E-state index < -0.39 is 25.3 Å². The molecule has 1 heterocycles. The molecule has 0 aromatic heterocycles. The van der Waals surface area contributed by atoms with Gasteiger partial charge in [0.1, 0.15) is 6.10 Å². The van der Waals surface area contributed by atoms with Crippen LogP contribution in [0.1, 0.15) is 67.7 Å². The van der Waals surface area contributed by atoms with Crippen LogP contribution in [0.4, 0.5) is 0 Å². The zero-order valence-electron chi connectivity index (χ0n) is 20.4. The van der Waals surface area contributed by atoms with E-state index in [9.17, 15) is 9.59 Å². The van der Waals surface area contributed by atoms with E-state index in [1.807, 2.05) is 6.92 Å². The van der Waals surface area contributed by atoms with E-state index in [0.717, 1.165) is 24.6 Å². The Morgan fingerprint density at radius 2 is 1.84 bits per heavy atom. The summed E-state index contributed by atoms with van der Waals surface area (Å²) in [7, 11) is -1.96. The zero-order valence-corrected chi connectivity index (χ0v) is 21.4. The number of hydrogen-bond acceptors (Lipinski definition) is 5. The number of carbonyl (C=O) groups is 2. The van der Waals surface area contributed by atoms with E-state index in [0.29, 0.717) is 12.8 Å². The van der Waals surface area contributed by atoms with E-state index in [1.165, 1.54) is 0 Å². The Labute approximate surface area is 188 Å². The highest BCUT2D eigenvalue weighted by molar-refractivity contribution is 6.73. The molecule has 0 aromatic carbocycles. The van der Waals surface area contributed by atoms with Crippen molar-refractivity contribution < 1.29 is 23.5 Å². The standard InChI is InChI=1S/C25H40O5Si/c1-8-28-21(27)25-18(26)12-13-24(25)19(30-31(9-2,10-3)11-4)16-17(22(5,6)7)23(24)14-15-29-20(23)25/h14-15,17,19-20H,8-13,16H2,1-7H3/t17-,19-,20+,23+,24+,25+/m0/s1. The number of esters is 1. The largest absolute Gasteiger partial charge is 0.496 e. The number of Topliss-reactive ketones (excluding diaryl/α,β-unsaturated/α-hetero) is 1. The molecule has 3 saturated carbocycles. The highest BCUT2D eigenvalue weighted by atomic mass is 28.4. The third kappa shape index (κ3) is 2.41. The van der Waals surface area contributed by atoms with E-state index in [4.69, 9.17) is 13.9 Å². The summed E-state index contributed by atoms with van der Waals surface area (Å²) in [6, 6.07) is 3.15. The highest BCUT2D eigenvalue weighted by Crippen LogP contribution is 2.86. The molecule has 3 fully saturated rings. The summed E-state index contributed by atoms with van der Waals surface area (Å²) in [6.07, 6.45) is 5.34. The highest BCUT2D eigenvalue weighted by Gasteiger charge is 2.95. The molecule has 0 unspecified atom stereocenters. The van der Waals surface area contributed by atoms with Gasteiger partial charge in [-0.05, 0) is 55.3 Å². The van der Waals surface area contributed by atoms with Crippen LogP contribution in [0.3, 0.4) is 0 Å². The number of fused-ring (bicyclic) bond motifs is 1. The Morgan fingerprint density at radius 3 is 2.39 bits per heavy atom. The quantitative estimate of drug-likeness (QED) is 0.302. The van der Waals surface area contributed by atoms with Crippen molar-refractivity contribution in [3.63, 3.8) is 0 Å². The first-order chi connectivity index (χ1) is 14.6. The van der Waals surface area contributed by atoms with Crippen molar-refractivity contribution in [2.75, 3.05) is 6.61 Å². The summed E-state index contributed by atoms with van der Waals surface area (Å²) in [6.45, 7) is 15.6. The minimum atomic E-state index is -1.96. The number of rotatable bonds is 7. The fourth-order valence-electron chi connectivity index (χ4n) is 8.17. The van der Waals surface area contributed by atoms with Crippen LogP contribution < -0.4 is 0 Å². The summed E-state index contributed by atoms with van der Waals surface area (Å²) < 4.78 is 18.9. The summed E-state index contributed by atoms with van der Waals surface area (Å²) in [4.78, 5) is 27.2. The van der Waals surface area contributed by atoms with Gasteiger partial charge in [0.25, 0.3) is 0 Å². The molecule has 5 nitrogen and oxygen atoms in total. The van der Waals surface area contributed by atoms with Gasteiger partial charge in [-0.1, -0.05) is 41.5 Å². The Balaban J connectivity index is 1.92. The number of hydrogen-bond donors (Lipinski definition) is 0. The fraction of sp³-hybridized carbons (Fsp3) is 0.840. The van der Waals surface area contributed by atoms with Gasteiger partial charge < -0.3 is 13.9 Å². The van der Waals surface area contributed by atoms with Crippen LogP contribution >= 0.6 is 0 Å². The van der Waals surface area contributed by atoms with Gasteiger partial charge in [0, 0.05) is 17.3 Å². The molecule has 31 heavy (non-hydrogen) atoms. The van der Waals surface area contributed by atoms with Gasteiger partial charge in [-0.2, -0.15) is 0 Å². The third-order valence-corrected chi connectivity index (χ3v) is 14.2. The van der Waals surface area contributed by atoms with Gasteiger partial charge in [-0.15, -0.1) is 0 Å². The van der Waals surface area contributed by atoms with E-state index >= 15 is 0 Å². The molecule has 2 spiro atoms. The molecule has 0 N–H and O–H groups in total. The van der Waals surface area contributed by atoms with Crippen molar-refractivity contribution in [2.45, 2.75) is 98.1 Å². The van der Waals surface area contributed by atoms with Crippen LogP contribution in [-0.4, -0.2) is 38.9 Å². The lowest BCUT2D eigenvalue weighted by molar-refractivity contribution is -0.273. The molecule has 6 atom stereocenters. The second kappa shape index (κ2) is 7.18. The number of ketones is 1. The number of ether oxygens (including phenoxy) is 2. The maximum atomic E-state index is 13.6. The lowest BCUT2D eigenvalue weighted by Gasteiger charge is -2.68.